The largest absolute Gasteiger partial charge is 0.365 e. The predicted octanol–water partition coefficient (Wildman–Crippen LogP) is 3.03. The lowest BCUT2D eigenvalue weighted by atomic mass is 10.0. The first-order valence-corrected chi connectivity index (χ1v) is 6.42. The van der Waals surface area contributed by atoms with Gasteiger partial charge in [-0.25, -0.2) is 4.68 Å². The highest BCUT2D eigenvalue weighted by Gasteiger charge is 2.02. The third-order valence-corrected chi connectivity index (χ3v) is 3.04. The molecule has 0 aliphatic rings. The maximum absolute atomic E-state index is 3.99. The molecule has 0 atom stereocenters. The first-order chi connectivity index (χ1) is 8.70. The first-order valence-electron chi connectivity index (χ1n) is 6.42. The maximum Gasteiger partial charge on any atom is 0.145 e. The van der Waals surface area contributed by atoms with Crippen LogP contribution < -0.4 is 5.32 Å². The molecule has 0 unspecified atom stereocenters. The minimum absolute atomic E-state index is 0.581. The van der Waals surface area contributed by atoms with Crippen LogP contribution in [0.4, 0.5) is 5.82 Å². The number of benzene rings is 1. The minimum Gasteiger partial charge on any atom is -0.365 e. The van der Waals surface area contributed by atoms with Crippen molar-refractivity contribution in [2.75, 3.05) is 5.32 Å². The van der Waals surface area contributed by atoms with Crippen LogP contribution in [0.3, 0.4) is 0 Å². The summed E-state index contributed by atoms with van der Waals surface area (Å²) in [5.41, 5.74) is 2.64. The highest BCUT2D eigenvalue weighted by molar-refractivity contribution is 5.34. The lowest BCUT2D eigenvalue weighted by molar-refractivity contribution is 0.630. The molecule has 0 aliphatic heterocycles. The molecule has 1 aromatic heterocycles. The Bertz CT molecular complexity index is 485. The van der Waals surface area contributed by atoms with Crippen molar-refractivity contribution in [1.29, 1.82) is 0 Å². The summed E-state index contributed by atoms with van der Waals surface area (Å²) in [7, 11) is 0. The summed E-state index contributed by atoms with van der Waals surface area (Å²) in [4.78, 5) is 0. The second-order valence-corrected chi connectivity index (χ2v) is 4.68. The Labute approximate surface area is 108 Å². The summed E-state index contributed by atoms with van der Waals surface area (Å²) in [5, 5.41) is 11.2. The van der Waals surface area contributed by atoms with E-state index in [4.69, 9.17) is 0 Å². The summed E-state index contributed by atoms with van der Waals surface area (Å²) < 4.78 is 1.85. The SMILES string of the molecule is CCn1nncc1NCc1ccc(C(C)C)cc1. The van der Waals surface area contributed by atoms with Crippen molar-refractivity contribution >= 4 is 5.82 Å². The van der Waals surface area contributed by atoms with E-state index in [2.05, 4.69) is 60.7 Å². The van der Waals surface area contributed by atoms with Gasteiger partial charge in [-0.05, 0) is 24.0 Å². The Morgan fingerprint density at radius 1 is 1.22 bits per heavy atom. The van der Waals surface area contributed by atoms with Crippen LogP contribution in [-0.4, -0.2) is 15.0 Å². The van der Waals surface area contributed by atoms with Crippen molar-refractivity contribution in [3.05, 3.63) is 41.6 Å². The lowest BCUT2D eigenvalue weighted by Crippen LogP contribution is -2.06. The number of aromatic nitrogens is 3. The number of hydrogen-bond donors (Lipinski definition) is 1. The Hall–Kier alpha value is -1.84. The molecule has 4 nitrogen and oxygen atoms in total. The van der Waals surface area contributed by atoms with E-state index < -0.39 is 0 Å². The molecule has 96 valence electrons. The molecular formula is C14H20N4. The van der Waals surface area contributed by atoms with Crippen LogP contribution in [0.15, 0.2) is 30.5 Å². The molecule has 2 rings (SSSR count). The molecule has 0 saturated carbocycles. The first kappa shape index (κ1) is 12.6. The molecular weight excluding hydrogens is 224 g/mol. The number of nitrogens with zero attached hydrogens (tertiary/aromatic N) is 3. The Kier molecular flexibility index (Phi) is 3.97. The van der Waals surface area contributed by atoms with E-state index >= 15 is 0 Å². The third-order valence-electron chi connectivity index (χ3n) is 3.04. The molecule has 0 spiro atoms. The average molecular weight is 244 g/mol. The van der Waals surface area contributed by atoms with Gasteiger partial charge in [-0.3, -0.25) is 0 Å². The second kappa shape index (κ2) is 5.67. The van der Waals surface area contributed by atoms with E-state index in [-0.39, 0.29) is 0 Å². The van der Waals surface area contributed by atoms with Gasteiger partial charge in [0.2, 0.25) is 0 Å². The van der Waals surface area contributed by atoms with E-state index in [1.165, 1.54) is 11.1 Å². The van der Waals surface area contributed by atoms with Crippen molar-refractivity contribution in [3.8, 4) is 0 Å². The number of aryl methyl sites for hydroxylation is 1. The molecule has 1 heterocycles. The van der Waals surface area contributed by atoms with Gasteiger partial charge in [-0.2, -0.15) is 0 Å². The van der Waals surface area contributed by atoms with E-state index in [0.717, 1.165) is 18.9 Å². The van der Waals surface area contributed by atoms with Crippen LogP contribution in [-0.2, 0) is 13.1 Å². The zero-order chi connectivity index (χ0) is 13.0. The Morgan fingerprint density at radius 2 is 1.94 bits per heavy atom. The number of anilines is 1. The minimum atomic E-state index is 0.581. The molecule has 0 bridgehead atoms. The highest BCUT2D eigenvalue weighted by Crippen LogP contribution is 2.15. The van der Waals surface area contributed by atoms with Crippen LogP contribution >= 0.6 is 0 Å². The van der Waals surface area contributed by atoms with E-state index in [0.29, 0.717) is 5.92 Å². The van der Waals surface area contributed by atoms with Gasteiger partial charge < -0.3 is 5.32 Å². The van der Waals surface area contributed by atoms with Crippen molar-refractivity contribution in [2.45, 2.75) is 39.8 Å². The fourth-order valence-corrected chi connectivity index (χ4v) is 1.84. The maximum atomic E-state index is 3.99. The molecule has 1 N–H and O–H groups in total. The number of nitrogens with one attached hydrogen (secondary N) is 1. The highest BCUT2D eigenvalue weighted by atomic mass is 15.4. The summed E-state index contributed by atoms with van der Waals surface area (Å²) in [5.74, 6) is 1.54. The van der Waals surface area contributed by atoms with Gasteiger partial charge in [0, 0.05) is 13.1 Å². The smallest absolute Gasteiger partial charge is 0.145 e. The standard InChI is InChI=1S/C14H20N4/c1-4-18-14(10-16-17-18)15-9-12-5-7-13(8-6-12)11(2)3/h5-8,10-11,15H,4,9H2,1-3H3. The Morgan fingerprint density at radius 3 is 2.56 bits per heavy atom. The zero-order valence-corrected chi connectivity index (χ0v) is 11.2. The van der Waals surface area contributed by atoms with Crippen LogP contribution in [0.1, 0.15) is 37.8 Å². The molecule has 2 aromatic rings. The third kappa shape index (κ3) is 2.88. The molecule has 0 amide bonds. The zero-order valence-electron chi connectivity index (χ0n) is 11.2. The van der Waals surface area contributed by atoms with Crippen molar-refractivity contribution in [2.24, 2.45) is 0 Å². The van der Waals surface area contributed by atoms with Crippen LogP contribution in [0.25, 0.3) is 0 Å². The molecule has 18 heavy (non-hydrogen) atoms. The predicted molar refractivity (Wildman–Crippen MR) is 73.6 cm³/mol. The van der Waals surface area contributed by atoms with Crippen molar-refractivity contribution < 1.29 is 0 Å². The van der Waals surface area contributed by atoms with Crippen LogP contribution in [0.2, 0.25) is 0 Å². The number of rotatable bonds is 5. The fraction of sp³-hybridized carbons (Fsp3) is 0.429. The summed E-state index contributed by atoms with van der Waals surface area (Å²) in [6.07, 6.45) is 1.76. The van der Waals surface area contributed by atoms with Gasteiger partial charge in [0.1, 0.15) is 5.82 Å². The fourth-order valence-electron chi connectivity index (χ4n) is 1.84. The summed E-state index contributed by atoms with van der Waals surface area (Å²) in [6, 6.07) is 8.72. The molecule has 1 aromatic carbocycles. The number of hydrogen-bond acceptors (Lipinski definition) is 3. The summed E-state index contributed by atoms with van der Waals surface area (Å²) >= 11 is 0. The van der Waals surface area contributed by atoms with Crippen LogP contribution in [0, 0.1) is 0 Å². The van der Waals surface area contributed by atoms with Crippen molar-refractivity contribution in [3.63, 3.8) is 0 Å². The van der Waals surface area contributed by atoms with E-state index in [9.17, 15) is 0 Å². The van der Waals surface area contributed by atoms with Gasteiger partial charge in [0.05, 0.1) is 6.20 Å². The molecule has 4 heteroatoms. The Balaban J connectivity index is 1.98. The van der Waals surface area contributed by atoms with Gasteiger partial charge in [-0.15, -0.1) is 5.10 Å². The molecule has 0 saturated heterocycles. The van der Waals surface area contributed by atoms with E-state index in [1.54, 1.807) is 6.20 Å². The van der Waals surface area contributed by atoms with Gasteiger partial charge in [0.25, 0.3) is 0 Å². The topological polar surface area (TPSA) is 42.7 Å². The average Bonchev–Trinajstić information content (AvgIpc) is 2.84. The lowest BCUT2D eigenvalue weighted by Gasteiger charge is -2.09. The van der Waals surface area contributed by atoms with Crippen LogP contribution in [0.5, 0.6) is 0 Å². The summed E-state index contributed by atoms with van der Waals surface area (Å²) in [6.45, 7) is 8.09. The van der Waals surface area contributed by atoms with Gasteiger partial charge in [-0.1, -0.05) is 43.3 Å². The second-order valence-electron chi connectivity index (χ2n) is 4.68. The molecule has 0 aliphatic carbocycles. The molecule has 0 radical (unpaired) electrons. The normalized spacial score (nSPS) is 10.9. The van der Waals surface area contributed by atoms with Gasteiger partial charge >= 0.3 is 0 Å². The van der Waals surface area contributed by atoms with Gasteiger partial charge in [0.15, 0.2) is 0 Å². The van der Waals surface area contributed by atoms with E-state index in [1.807, 2.05) is 4.68 Å². The quantitative estimate of drug-likeness (QED) is 0.879. The van der Waals surface area contributed by atoms with Crippen molar-refractivity contribution in [1.82, 2.24) is 15.0 Å². The molecule has 0 fully saturated rings. The monoisotopic (exact) mass is 244 g/mol.